The van der Waals surface area contributed by atoms with Crippen molar-refractivity contribution in [2.45, 2.75) is 10.8 Å². The maximum Gasteiger partial charge on any atom is 0.0726 e. The van der Waals surface area contributed by atoms with Gasteiger partial charge in [-0.1, -0.05) is 224 Å². The van der Waals surface area contributed by atoms with Crippen LogP contribution < -0.4 is 4.90 Å². The maximum atomic E-state index is 2.61. The summed E-state index contributed by atoms with van der Waals surface area (Å²) >= 11 is 1.93. The molecular formula is C72H43NS. The fourth-order valence-electron chi connectivity index (χ4n) is 14.5. The van der Waals surface area contributed by atoms with Crippen molar-refractivity contribution in [1.82, 2.24) is 0 Å². The molecule has 0 aliphatic heterocycles. The number of benzene rings is 12. The molecule has 74 heavy (non-hydrogen) atoms. The van der Waals surface area contributed by atoms with Crippen LogP contribution in [0.5, 0.6) is 0 Å². The van der Waals surface area contributed by atoms with Crippen molar-refractivity contribution in [3.05, 3.63) is 305 Å². The molecule has 4 aliphatic rings. The SMILES string of the molecule is c1ccc(-c2cc3ccccc3c3c2sc2c(N(c4ccc5c(c4)C4(c6ccccc6-c6ccccc64)c4ccccc4-5)c4ccc5c(c4)C4(c6ccccc6-c6ccccc64)c4ccccc4-5)cccc23)cc1. The minimum Gasteiger partial charge on any atom is -0.309 e. The van der Waals surface area contributed by atoms with Gasteiger partial charge in [0.2, 0.25) is 0 Å². The lowest BCUT2D eigenvalue weighted by Gasteiger charge is -2.33. The van der Waals surface area contributed by atoms with Crippen LogP contribution in [-0.4, -0.2) is 0 Å². The van der Waals surface area contributed by atoms with Gasteiger partial charge < -0.3 is 4.90 Å². The normalized spacial score (nSPS) is 14.2. The monoisotopic (exact) mass is 953 g/mol. The van der Waals surface area contributed by atoms with E-state index in [1.54, 1.807) is 0 Å². The molecule has 0 radical (unpaired) electrons. The highest BCUT2D eigenvalue weighted by molar-refractivity contribution is 7.27. The molecule has 13 aromatic rings. The molecule has 1 aromatic heterocycles. The van der Waals surface area contributed by atoms with E-state index in [1.165, 1.54) is 137 Å². The molecule has 0 amide bonds. The van der Waals surface area contributed by atoms with E-state index < -0.39 is 10.8 Å². The highest BCUT2D eigenvalue weighted by atomic mass is 32.1. The van der Waals surface area contributed by atoms with Crippen molar-refractivity contribution in [2.75, 3.05) is 4.90 Å². The van der Waals surface area contributed by atoms with Gasteiger partial charge in [-0.05, 0) is 142 Å². The molecule has 0 unspecified atom stereocenters. The van der Waals surface area contributed by atoms with E-state index in [0.29, 0.717) is 0 Å². The molecule has 12 aromatic carbocycles. The molecule has 1 nitrogen and oxygen atoms in total. The van der Waals surface area contributed by atoms with Gasteiger partial charge in [0.05, 0.1) is 21.2 Å². The van der Waals surface area contributed by atoms with Gasteiger partial charge in [0.15, 0.2) is 0 Å². The van der Waals surface area contributed by atoms with Gasteiger partial charge in [-0.3, -0.25) is 0 Å². The van der Waals surface area contributed by atoms with E-state index in [2.05, 4.69) is 266 Å². The first kappa shape index (κ1) is 40.5. The first-order valence-corrected chi connectivity index (χ1v) is 26.6. The summed E-state index contributed by atoms with van der Waals surface area (Å²) in [6.07, 6.45) is 0. The second-order valence-electron chi connectivity index (χ2n) is 20.5. The zero-order valence-corrected chi connectivity index (χ0v) is 41.0. The van der Waals surface area contributed by atoms with Gasteiger partial charge in [0.25, 0.3) is 0 Å². The predicted octanol–water partition coefficient (Wildman–Crippen LogP) is 19.0. The van der Waals surface area contributed by atoms with Crippen molar-refractivity contribution in [3.63, 3.8) is 0 Å². The van der Waals surface area contributed by atoms with Crippen LogP contribution in [0.1, 0.15) is 44.5 Å². The Morgan fingerprint density at radius 2 is 0.662 bits per heavy atom. The molecule has 342 valence electrons. The Hall–Kier alpha value is -9.08. The lowest BCUT2D eigenvalue weighted by Crippen LogP contribution is -2.26. The quantitative estimate of drug-likeness (QED) is 0.170. The molecule has 1 heterocycles. The third kappa shape index (κ3) is 4.99. The Balaban J connectivity index is 0.985. The number of hydrogen-bond acceptors (Lipinski definition) is 2. The topological polar surface area (TPSA) is 3.24 Å². The van der Waals surface area contributed by atoms with E-state index in [4.69, 9.17) is 0 Å². The Labute approximate surface area is 433 Å². The molecule has 4 aliphatic carbocycles. The fourth-order valence-corrected chi connectivity index (χ4v) is 15.9. The molecular weight excluding hydrogens is 911 g/mol. The maximum absolute atomic E-state index is 2.61. The van der Waals surface area contributed by atoms with Crippen molar-refractivity contribution < 1.29 is 0 Å². The third-order valence-corrected chi connectivity index (χ3v) is 18.5. The van der Waals surface area contributed by atoms with Crippen LogP contribution in [-0.2, 0) is 10.8 Å². The second kappa shape index (κ2) is 14.8. The van der Waals surface area contributed by atoms with Crippen LogP contribution >= 0.6 is 11.3 Å². The average Bonchev–Trinajstić information content (AvgIpc) is 4.40. The Kier molecular flexibility index (Phi) is 8.08. The standard InChI is InChI=1S/C72H43NS/c1-2-19-44(20-3-1)58-41-45-21-4-5-22-48(45)68-57-29-18-36-67(69(57)74-70(58)68)73(46-37-39-55-53-27-10-16-34-63(53)71(65(55)42-46)59-30-12-6-23-49(59)50-24-7-13-31-60(50)71)47-38-40-56-54-28-11-17-35-64(54)72(66(56)43-47)61-32-14-8-25-51(61)52-26-9-15-33-62(52)72/h1-43H. The molecule has 2 heteroatoms. The van der Waals surface area contributed by atoms with E-state index >= 15 is 0 Å². The highest BCUT2D eigenvalue weighted by Gasteiger charge is 2.53. The van der Waals surface area contributed by atoms with Gasteiger partial charge >= 0.3 is 0 Å². The summed E-state index contributed by atoms with van der Waals surface area (Å²) in [7, 11) is 0. The van der Waals surface area contributed by atoms with E-state index in [-0.39, 0.29) is 0 Å². The first-order chi connectivity index (χ1) is 36.7. The van der Waals surface area contributed by atoms with Crippen LogP contribution in [0.2, 0.25) is 0 Å². The lowest BCUT2D eigenvalue weighted by molar-refractivity contribution is 0.792. The summed E-state index contributed by atoms with van der Waals surface area (Å²) in [5.74, 6) is 0. The van der Waals surface area contributed by atoms with Gasteiger partial charge in [-0.2, -0.15) is 0 Å². The number of hydrogen-bond donors (Lipinski definition) is 0. The van der Waals surface area contributed by atoms with Crippen molar-refractivity contribution in [2.24, 2.45) is 0 Å². The van der Waals surface area contributed by atoms with Gasteiger partial charge in [0.1, 0.15) is 0 Å². The number of fused-ring (bicyclic) bond motifs is 25. The number of thiophene rings is 1. The summed E-state index contributed by atoms with van der Waals surface area (Å²) in [5, 5.41) is 5.12. The van der Waals surface area contributed by atoms with E-state index in [0.717, 1.165) is 11.4 Å². The molecule has 0 bridgehead atoms. The summed E-state index contributed by atoms with van der Waals surface area (Å²) < 4.78 is 2.57. The zero-order chi connectivity index (χ0) is 48.3. The molecule has 0 saturated heterocycles. The molecule has 2 spiro atoms. The van der Waals surface area contributed by atoms with Crippen LogP contribution in [0.4, 0.5) is 17.1 Å². The third-order valence-electron chi connectivity index (χ3n) is 17.3. The highest BCUT2D eigenvalue weighted by Crippen LogP contribution is 2.66. The first-order valence-electron chi connectivity index (χ1n) is 25.8. The van der Waals surface area contributed by atoms with E-state index in [9.17, 15) is 0 Å². The number of nitrogens with zero attached hydrogens (tertiary/aromatic N) is 1. The average molecular weight is 954 g/mol. The minimum atomic E-state index is -0.491. The molecule has 0 saturated carbocycles. The Morgan fingerprint density at radius 1 is 0.270 bits per heavy atom. The summed E-state index contributed by atoms with van der Waals surface area (Å²) in [4.78, 5) is 2.61. The lowest BCUT2D eigenvalue weighted by atomic mass is 9.70. The Morgan fingerprint density at radius 3 is 1.14 bits per heavy atom. The molecule has 17 rings (SSSR count). The Bertz CT molecular complexity index is 4250. The summed E-state index contributed by atoms with van der Waals surface area (Å²) in [6.45, 7) is 0. The molecule has 0 fully saturated rings. The predicted molar refractivity (Wildman–Crippen MR) is 310 cm³/mol. The van der Waals surface area contributed by atoms with Crippen LogP contribution in [0.15, 0.2) is 261 Å². The van der Waals surface area contributed by atoms with Crippen molar-refractivity contribution in [1.29, 1.82) is 0 Å². The fraction of sp³-hybridized carbons (Fsp3) is 0.0278. The molecule has 0 N–H and O–H groups in total. The van der Waals surface area contributed by atoms with E-state index in [1.807, 2.05) is 11.3 Å². The molecule has 0 atom stereocenters. The smallest absolute Gasteiger partial charge is 0.0726 e. The number of anilines is 3. The summed E-state index contributed by atoms with van der Waals surface area (Å²) in [6, 6.07) is 99.0. The van der Waals surface area contributed by atoms with Gasteiger partial charge in [0, 0.05) is 32.4 Å². The summed E-state index contributed by atoms with van der Waals surface area (Å²) in [5.41, 5.74) is 26.1. The van der Waals surface area contributed by atoms with Gasteiger partial charge in [-0.15, -0.1) is 11.3 Å². The van der Waals surface area contributed by atoms with Crippen LogP contribution in [0, 0.1) is 0 Å². The second-order valence-corrected chi connectivity index (χ2v) is 21.6. The zero-order valence-electron chi connectivity index (χ0n) is 40.2. The van der Waals surface area contributed by atoms with Crippen LogP contribution in [0.25, 0.3) is 86.6 Å². The largest absolute Gasteiger partial charge is 0.309 e. The van der Waals surface area contributed by atoms with Gasteiger partial charge in [-0.25, -0.2) is 0 Å². The number of rotatable bonds is 4. The van der Waals surface area contributed by atoms with Crippen molar-refractivity contribution >= 4 is 59.3 Å². The minimum absolute atomic E-state index is 0.491. The van der Waals surface area contributed by atoms with Crippen molar-refractivity contribution in [3.8, 4) is 55.6 Å². The van der Waals surface area contributed by atoms with Crippen LogP contribution in [0.3, 0.4) is 0 Å².